The van der Waals surface area contributed by atoms with E-state index in [0.717, 1.165) is 36.8 Å². The van der Waals surface area contributed by atoms with E-state index in [1.54, 1.807) is 0 Å². The van der Waals surface area contributed by atoms with Gasteiger partial charge in [0.05, 0.1) is 0 Å². The molecular weight excluding hydrogens is 364 g/mol. The molecule has 0 saturated carbocycles. The molecule has 0 aliphatic carbocycles. The topological polar surface area (TPSA) is 52.6 Å². The second-order valence-electron chi connectivity index (χ2n) is 7.95. The Morgan fingerprint density at radius 2 is 1.86 bits per heavy atom. The van der Waals surface area contributed by atoms with Crippen molar-refractivity contribution in [3.05, 3.63) is 70.4 Å². The summed E-state index contributed by atoms with van der Waals surface area (Å²) in [7, 11) is 0. The van der Waals surface area contributed by atoms with Crippen molar-refractivity contribution in [2.24, 2.45) is 0 Å². The lowest BCUT2D eigenvalue weighted by molar-refractivity contribution is -0.137. The second kappa shape index (κ2) is 11.4. The fourth-order valence-electron chi connectivity index (χ4n) is 3.21. The van der Waals surface area contributed by atoms with Gasteiger partial charge < -0.3 is 9.47 Å². The molecule has 0 N–H and O–H groups in total. The van der Waals surface area contributed by atoms with E-state index < -0.39 is 0 Å². The molecule has 156 valence electrons. The summed E-state index contributed by atoms with van der Waals surface area (Å²) in [4.78, 5) is 22.9. The third-order valence-electron chi connectivity index (χ3n) is 4.80. The zero-order chi connectivity index (χ0) is 21.2. The third kappa shape index (κ3) is 8.51. The van der Waals surface area contributed by atoms with E-state index in [0.29, 0.717) is 13.0 Å². The Morgan fingerprint density at radius 3 is 2.55 bits per heavy atom. The van der Waals surface area contributed by atoms with E-state index in [4.69, 9.17) is 9.47 Å². The van der Waals surface area contributed by atoms with E-state index in [1.807, 2.05) is 38.2 Å². The molecule has 1 fully saturated rings. The van der Waals surface area contributed by atoms with Crippen LogP contribution >= 0.6 is 0 Å². The van der Waals surface area contributed by atoms with Crippen LogP contribution in [0.4, 0.5) is 0 Å². The van der Waals surface area contributed by atoms with Crippen molar-refractivity contribution in [1.82, 2.24) is 0 Å². The van der Waals surface area contributed by atoms with Crippen molar-refractivity contribution < 1.29 is 19.1 Å². The van der Waals surface area contributed by atoms with Gasteiger partial charge in [0, 0.05) is 18.1 Å². The largest absolute Gasteiger partial charge is 0.458 e. The molecule has 0 aromatic heterocycles. The van der Waals surface area contributed by atoms with Gasteiger partial charge >= 0.3 is 11.9 Å². The van der Waals surface area contributed by atoms with Crippen LogP contribution in [0.25, 0.3) is 0 Å². The maximum Gasteiger partial charge on any atom is 0.334 e. The van der Waals surface area contributed by atoms with Gasteiger partial charge in [-0.25, -0.2) is 9.59 Å². The van der Waals surface area contributed by atoms with Crippen LogP contribution in [-0.2, 0) is 19.1 Å². The molecule has 0 amide bonds. The molecule has 2 aliphatic heterocycles. The molecule has 1 saturated heterocycles. The Bertz CT molecular complexity index is 799. The Morgan fingerprint density at radius 1 is 1.10 bits per heavy atom. The number of cyclic esters (lactones) is 2. The average Bonchev–Trinajstić information content (AvgIpc) is 3.20. The van der Waals surface area contributed by atoms with Crippen LogP contribution in [0, 0.1) is 0 Å². The molecule has 29 heavy (non-hydrogen) atoms. The molecule has 0 aromatic rings. The minimum atomic E-state index is -0.265. The lowest BCUT2D eigenvalue weighted by atomic mass is 10.0. The van der Waals surface area contributed by atoms with Crippen LogP contribution < -0.4 is 0 Å². The van der Waals surface area contributed by atoms with Crippen LogP contribution in [0.2, 0.25) is 0 Å². The van der Waals surface area contributed by atoms with Crippen molar-refractivity contribution in [2.45, 2.75) is 65.9 Å². The molecule has 4 heteroatoms. The number of hydrogen-bond acceptors (Lipinski definition) is 4. The van der Waals surface area contributed by atoms with Crippen LogP contribution in [-0.4, -0.2) is 24.6 Å². The van der Waals surface area contributed by atoms with Gasteiger partial charge in [0.1, 0.15) is 12.7 Å². The average molecular weight is 397 g/mol. The van der Waals surface area contributed by atoms with Gasteiger partial charge in [-0.15, -0.1) is 0 Å². The number of ether oxygens (including phenoxy) is 2. The summed E-state index contributed by atoms with van der Waals surface area (Å²) in [5, 5.41) is 0. The highest BCUT2D eigenvalue weighted by Gasteiger charge is 2.26. The first kappa shape index (κ1) is 22.7. The summed E-state index contributed by atoms with van der Waals surface area (Å²) in [6, 6.07) is 0. The van der Waals surface area contributed by atoms with E-state index in [2.05, 4.69) is 26.0 Å². The first-order valence-electron chi connectivity index (χ1n) is 10.3. The summed E-state index contributed by atoms with van der Waals surface area (Å²) in [5.74, 6) is -0.439. The summed E-state index contributed by atoms with van der Waals surface area (Å²) < 4.78 is 10.2. The predicted octanol–water partition coefficient (Wildman–Crippen LogP) is 5.69. The summed E-state index contributed by atoms with van der Waals surface area (Å²) in [6.45, 7) is 8.65. The van der Waals surface area contributed by atoms with Crippen molar-refractivity contribution in [3.8, 4) is 0 Å². The predicted molar refractivity (Wildman–Crippen MR) is 116 cm³/mol. The summed E-state index contributed by atoms with van der Waals surface area (Å²) in [5.41, 5.74) is 5.50. The number of carbonyl (C=O) groups is 2. The van der Waals surface area contributed by atoms with Crippen molar-refractivity contribution in [3.63, 3.8) is 0 Å². The van der Waals surface area contributed by atoms with E-state index in [-0.39, 0.29) is 18.0 Å². The molecule has 2 heterocycles. The van der Waals surface area contributed by atoms with Crippen LogP contribution in [0.5, 0.6) is 0 Å². The van der Waals surface area contributed by atoms with Gasteiger partial charge in [0.15, 0.2) is 0 Å². The van der Waals surface area contributed by atoms with E-state index in [1.165, 1.54) is 22.8 Å². The molecule has 2 rings (SSSR count). The fraction of sp³-hybridized carbons (Fsp3) is 0.440. The highest BCUT2D eigenvalue weighted by atomic mass is 16.5. The lowest BCUT2D eigenvalue weighted by Gasteiger charge is -2.01. The van der Waals surface area contributed by atoms with E-state index in [9.17, 15) is 9.59 Å². The fourth-order valence-corrected chi connectivity index (χ4v) is 3.21. The number of esters is 2. The van der Waals surface area contributed by atoms with Crippen LogP contribution in [0.3, 0.4) is 0 Å². The normalized spacial score (nSPS) is 21.6. The highest BCUT2D eigenvalue weighted by molar-refractivity contribution is 5.90. The number of carbonyl (C=O) groups excluding carboxylic acids is 2. The molecule has 0 bridgehead atoms. The Kier molecular flexibility index (Phi) is 8.91. The molecule has 0 radical (unpaired) electrons. The van der Waals surface area contributed by atoms with Gasteiger partial charge in [0.2, 0.25) is 0 Å². The van der Waals surface area contributed by atoms with Gasteiger partial charge in [-0.2, -0.15) is 0 Å². The maximum atomic E-state index is 11.9. The first-order valence-corrected chi connectivity index (χ1v) is 10.3. The molecule has 1 atom stereocenters. The number of hydrogen-bond donors (Lipinski definition) is 0. The lowest BCUT2D eigenvalue weighted by Crippen LogP contribution is -2.02. The second-order valence-corrected chi connectivity index (χ2v) is 7.95. The Hall–Kier alpha value is -2.62. The molecule has 4 nitrogen and oxygen atoms in total. The van der Waals surface area contributed by atoms with Gasteiger partial charge in [-0.1, -0.05) is 47.1 Å². The monoisotopic (exact) mass is 396 g/mol. The quantitative estimate of drug-likeness (QED) is 0.217. The summed E-state index contributed by atoms with van der Waals surface area (Å²) >= 11 is 0. The van der Waals surface area contributed by atoms with Crippen LogP contribution in [0.1, 0.15) is 59.8 Å². The summed E-state index contributed by atoms with van der Waals surface area (Å²) in [6.07, 6.45) is 18.2. The third-order valence-corrected chi connectivity index (χ3v) is 4.80. The zero-order valence-electron chi connectivity index (χ0n) is 18.0. The van der Waals surface area contributed by atoms with Gasteiger partial charge in [-0.05, 0) is 65.0 Å². The SMILES string of the molecule is CC(C)=C[C@H]1C/C(=C/CC/C(C)=C/CC/C(C)=C/C=C/C2=CC(=O)OC2)C(=O)O1. The van der Waals surface area contributed by atoms with E-state index >= 15 is 0 Å². The maximum absolute atomic E-state index is 11.9. The molecule has 2 aliphatic rings. The van der Waals surface area contributed by atoms with Crippen LogP contribution in [0.15, 0.2) is 70.4 Å². The van der Waals surface area contributed by atoms with Crippen molar-refractivity contribution in [2.75, 3.05) is 6.61 Å². The number of allylic oxidation sites excluding steroid dienone is 7. The first-order chi connectivity index (χ1) is 13.8. The van der Waals surface area contributed by atoms with Crippen molar-refractivity contribution >= 4 is 11.9 Å². The molecular formula is C25H32O4. The smallest absolute Gasteiger partial charge is 0.334 e. The standard InChI is InChI=1S/C25H32O4/c1-18(2)14-23-16-22(25(27)29-23)13-7-11-20(4)9-5-8-19(3)10-6-12-21-15-24(26)28-17-21/h6,9-10,12-15,23H,5,7-8,11,16-17H2,1-4H3/b12-6+,19-10+,20-9+,22-13-/t23-/m0/s1. The minimum Gasteiger partial charge on any atom is -0.458 e. The Balaban J connectivity index is 1.70. The zero-order valence-corrected chi connectivity index (χ0v) is 18.0. The number of rotatable bonds is 9. The van der Waals surface area contributed by atoms with Gasteiger partial charge in [-0.3, -0.25) is 0 Å². The van der Waals surface area contributed by atoms with Gasteiger partial charge in [0.25, 0.3) is 0 Å². The highest BCUT2D eigenvalue weighted by Crippen LogP contribution is 2.23. The molecule has 0 spiro atoms. The molecule has 0 aromatic carbocycles. The Labute approximate surface area is 174 Å². The molecule has 0 unspecified atom stereocenters. The minimum absolute atomic E-state index is 0.0998. The van der Waals surface area contributed by atoms with Crippen molar-refractivity contribution in [1.29, 1.82) is 0 Å².